The number of hydrogen-bond donors (Lipinski definition) is 0. The van der Waals surface area contributed by atoms with Crippen LogP contribution in [-0.4, -0.2) is 0 Å². The van der Waals surface area contributed by atoms with Crippen molar-refractivity contribution in [3.63, 3.8) is 0 Å². The molecule has 0 saturated heterocycles. The van der Waals surface area contributed by atoms with Crippen molar-refractivity contribution in [3.05, 3.63) is 23.6 Å². The molecule has 2 heteroatoms. The minimum absolute atomic E-state index is 0.0338. The number of hydrogen-bond acceptors (Lipinski definition) is 1. The van der Waals surface area contributed by atoms with Gasteiger partial charge in [0.15, 0.2) is 0 Å². The van der Waals surface area contributed by atoms with Crippen LogP contribution < -0.4 is 0 Å². The fourth-order valence-electron chi connectivity index (χ4n) is 0.300. The van der Waals surface area contributed by atoms with Gasteiger partial charge in [0.25, 0.3) is 0 Å². The van der Waals surface area contributed by atoms with E-state index >= 15 is 0 Å². The molecule has 0 rings (SSSR count). The number of allylic oxidation sites excluding steroid dienone is 4. The molecule has 0 atom stereocenters. The fraction of sp³-hybridized carbons (Fsp3) is 0.125. The largest absolute Gasteiger partial charge is 0.206 e. The second-order valence-corrected chi connectivity index (χ2v) is 1.58. The smallest absolute Gasteiger partial charge is 0.137 e. The van der Waals surface area contributed by atoms with E-state index in [1.54, 1.807) is 6.07 Å². The summed E-state index contributed by atoms with van der Waals surface area (Å²) >= 11 is 0. The highest BCUT2D eigenvalue weighted by atomic mass is 19.1. The highest BCUT2D eigenvalue weighted by Crippen LogP contribution is 2.04. The van der Waals surface area contributed by atoms with Crippen LogP contribution in [-0.2, 0) is 0 Å². The summed E-state index contributed by atoms with van der Waals surface area (Å²) in [6.07, 6.45) is 7.10. The van der Waals surface area contributed by atoms with Crippen LogP contribution in [0.3, 0.4) is 0 Å². The number of terminal acetylenes is 1. The maximum absolute atomic E-state index is 12.5. The van der Waals surface area contributed by atoms with E-state index in [0.29, 0.717) is 0 Å². The number of nitriles is 1. The molecule has 0 fully saturated rings. The Hall–Kier alpha value is -1.54. The Morgan fingerprint density at radius 3 is 2.70 bits per heavy atom. The average Bonchev–Trinajstić information content (AvgIpc) is 1.98. The Bertz CT molecular complexity index is 247. The molecule has 0 spiro atoms. The van der Waals surface area contributed by atoms with E-state index in [0.717, 1.165) is 6.08 Å². The molecule has 0 aromatic carbocycles. The van der Waals surface area contributed by atoms with E-state index in [1.165, 1.54) is 13.0 Å². The topological polar surface area (TPSA) is 23.8 Å². The van der Waals surface area contributed by atoms with Gasteiger partial charge in [-0.15, -0.1) is 6.42 Å². The summed E-state index contributed by atoms with van der Waals surface area (Å²) in [5, 5.41) is 8.17. The van der Waals surface area contributed by atoms with Crippen LogP contribution in [0.15, 0.2) is 23.6 Å². The van der Waals surface area contributed by atoms with E-state index < -0.39 is 5.83 Å². The quantitative estimate of drug-likeness (QED) is 0.306. The first-order chi connectivity index (χ1) is 4.72. The van der Waals surface area contributed by atoms with Crippen molar-refractivity contribution in [2.45, 2.75) is 6.92 Å². The molecule has 0 aliphatic carbocycles. The second-order valence-electron chi connectivity index (χ2n) is 1.58. The summed E-state index contributed by atoms with van der Waals surface area (Å²) < 4.78 is 12.5. The molecule has 1 nitrogen and oxygen atoms in total. The summed E-state index contributed by atoms with van der Waals surface area (Å²) in [5.41, 5.74) is 0.0338. The van der Waals surface area contributed by atoms with Gasteiger partial charge in [-0.05, 0) is 19.1 Å². The minimum Gasteiger partial charge on any atom is -0.206 e. The molecule has 0 aliphatic rings. The highest BCUT2D eigenvalue weighted by molar-refractivity contribution is 5.30. The molecule has 0 N–H and O–H groups in total. The van der Waals surface area contributed by atoms with Crippen LogP contribution in [0.4, 0.5) is 4.39 Å². The van der Waals surface area contributed by atoms with E-state index in [9.17, 15) is 4.39 Å². The standard InChI is InChI=1S/C8H6FN/c1-3-4-5-8(9)7(2)6-10/h1,4-5H,2H3/b5-4-,8-7-. The van der Waals surface area contributed by atoms with Gasteiger partial charge in [0.2, 0.25) is 0 Å². The van der Waals surface area contributed by atoms with Gasteiger partial charge in [-0.3, -0.25) is 0 Å². The van der Waals surface area contributed by atoms with Gasteiger partial charge in [-0.25, -0.2) is 4.39 Å². The highest BCUT2D eigenvalue weighted by Gasteiger charge is 1.92. The van der Waals surface area contributed by atoms with Crippen molar-refractivity contribution < 1.29 is 4.39 Å². The zero-order chi connectivity index (χ0) is 7.98. The molecule has 0 amide bonds. The van der Waals surface area contributed by atoms with E-state index in [2.05, 4.69) is 5.92 Å². The van der Waals surface area contributed by atoms with Crippen molar-refractivity contribution in [2.75, 3.05) is 0 Å². The molecular formula is C8H6FN. The van der Waals surface area contributed by atoms with Crippen LogP contribution in [0.25, 0.3) is 0 Å². The maximum Gasteiger partial charge on any atom is 0.137 e. The molecule has 0 radical (unpaired) electrons. The van der Waals surface area contributed by atoms with Crippen LogP contribution >= 0.6 is 0 Å². The van der Waals surface area contributed by atoms with Gasteiger partial charge in [-0.1, -0.05) is 5.92 Å². The fourth-order valence-corrected chi connectivity index (χ4v) is 0.300. The van der Waals surface area contributed by atoms with Crippen molar-refractivity contribution in [3.8, 4) is 18.4 Å². The molecule has 0 aromatic rings. The SMILES string of the molecule is C#C/C=C\C(F)=C(/C)C#N. The van der Waals surface area contributed by atoms with E-state index in [1.807, 2.05) is 0 Å². The number of halogens is 1. The second kappa shape index (κ2) is 4.35. The molecule has 50 valence electrons. The Kier molecular flexibility index (Phi) is 3.68. The molecule has 0 heterocycles. The maximum atomic E-state index is 12.5. The minimum atomic E-state index is -0.583. The van der Waals surface area contributed by atoms with Gasteiger partial charge in [0, 0.05) is 0 Å². The lowest BCUT2D eigenvalue weighted by molar-refractivity contribution is 0.659. The summed E-state index contributed by atoms with van der Waals surface area (Å²) in [5.74, 6) is 1.53. The van der Waals surface area contributed by atoms with Gasteiger partial charge < -0.3 is 0 Å². The van der Waals surface area contributed by atoms with Gasteiger partial charge >= 0.3 is 0 Å². The zero-order valence-corrected chi connectivity index (χ0v) is 5.56. The van der Waals surface area contributed by atoms with Crippen LogP contribution in [0.5, 0.6) is 0 Å². The Morgan fingerprint density at radius 1 is 1.70 bits per heavy atom. The molecule has 0 unspecified atom stereocenters. The van der Waals surface area contributed by atoms with E-state index in [-0.39, 0.29) is 5.57 Å². The van der Waals surface area contributed by atoms with Crippen molar-refractivity contribution >= 4 is 0 Å². The van der Waals surface area contributed by atoms with Gasteiger partial charge in [-0.2, -0.15) is 5.26 Å². The third-order valence-corrected chi connectivity index (χ3v) is 0.852. The average molecular weight is 135 g/mol. The summed E-state index contributed by atoms with van der Waals surface area (Å²) in [7, 11) is 0. The lowest BCUT2D eigenvalue weighted by Crippen LogP contribution is -1.72. The predicted molar refractivity (Wildman–Crippen MR) is 37.4 cm³/mol. The predicted octanol–water partition coefficient (Wildman–Crippen LogP) is 1.94. The Balaban J connectivity index is 4.41. The van der Waals surface area contributed by atoms with Gasteiger partial charge in [0.05, 0.1) is 11.6 Å². The lowest BCUT2D eigenvalue weighted by Gasteiger charge is -1.84. The number of rotatable bonds is 1. The first-order valence-corrected chi connectivity index (χ1v) is 2.61. The third kappa shape index (κ3) is 2.69. The summed E-state index contributed by atoms with van der Waals surface area (Å²) in [6.45, 7) is 1.39. The van der Waals surface area contributed by atoms with Crippen LogP contribution in [0, 0.1) is 23.7 Å². The molecule has 0 saturated carbocycles. The van der Waals surface area contributed by atoms with Crippen molar-refractivity contribution in [1.82, 2.24) is 0 Å². The summed E-state index contributed by atoms with van der Waals surface area (Å²) in [6, 6.07) is 1.66. The Labute approximate surface area is 59.5 Å². The van der Waals surface area contributed by atoms with Gasteiger partial charge in [0.1, 0.15) is 5.83 Å². The molecule has 0 aromatic heterocycles. The Morgan fingerprint density at radius 2 is 2.30 bits per heavy atom. The molecule has 10 heavy (non-hydrogen) atoms. The van der Waals surface area contributed by atoms with Crippen molar-refractivity contribution in [1.29, 1.82) is 5.26 Å². The molecular weight excluding hydrogens is 129 g/mol. The van der Waals surface area contributed by atoms with E-state index in [4.69, 9.17) is 11.7 Å². The first kappa shape index (κ1) is 8.46. The zero-order valence-electron chi connectivity index (χ0n) is 5.56. The normalized spacial score (nSPS) is 12.0. The van der Waals surface area contributed by atoms with Crippen LogP contribution in [0.1, 0.15) is 6.92 Å². The monoisotopic (exact) mass is 135 g/mol. The lowest BCUT2D eigenvalue weighted by atomic mass is 10.3. The van der Waals surface area contributed by atoms with Crippen molar-refractivity contribution in [2.24, 2.45) is 0 Å². The molecule has 0 aliphatic heterocycles. The summed E-state index contributed by atoms with van der Waals surface area (Å²) in [4.78, 5) is 0. The van der Waals surface area contributed by atoms with Crippen LogP contribution in [0.2, 0.25) is 0 Å². The molecule has 0 bridgehead atoms. The number of nitrogens with zero attached hydrogens (tertiary/aromatic N) is 1. The first-order valence-electron chi connectivity index (χ1n) is 2.61. The third-order valence-electron chi connectivity index (χ3n) is 0.852.